The van der Waals surface area contributed by atoms with E-state index < -0.39 is 0 Å². The number of nitrogens with two attached hydrogens (primary N) is 1. The maximum atomic E-state index is 11.4. The molecule has 0 saturated heterocycles. The number of esters is 1. The Kier molecular flexibility index (Phi) is 17.1. The molecule has 1 aromatic rings. The van der Waals surface area contributed by atoms with Gasteiger partial charge in [0.25, 0.3) is 0 Å². The largest absolute Gasteiger partial charge is 0.469 e. The highest BCUT2D eigenvalue weighted by atomic mass is 16.5. The van der Waals surface area contributed by atoms with E-state index in [1.807, 2.05) is 51.1 Å². The summed E-state index contributed by atoms with van der Waals surface area (Å²) in [5.74, 6) is -0.606. The first kappa shape index (κ1) is 24.4. The van der Waals surface area contributed by atoms with Gasteiger partial charge in [0, 0.05) is 17.8 Å². The Bertz CT molecular complexity index is 549. The summed E-state index contributed by atoms with van der Waals surface area (Å²) in [5, 5.41) is 2.66. The fourth-order valence-electron chi connectivity index (χ4n) is 1.38. The van der Waals surface area contributed by atoms with Crippen LogP contribution in [0.15, 0.2) is 66.9 Å². The molecule has 0 aliphatic carbocycles. The molecule has 138 valence electrons. The number of nitrogens with one attached hydrogen (secondary N) is 1. The van der Waals surface area contributed by atoms with E-state index in [1.54, 1.807) is 24.3 Å². The van der Waals surface area contributed by atoms with E-state index in [2.05, 4.69) is 16.6 Å². The number of ether oxygens (including phenoxy) is 1. The predicted octanol–water partition coefficient (Wildman–Crippen LogP) is 4.00. The Morgan fingerprint density at radius 3 is 2.20 bits per heavy atom. The Hall–Kier alpha value is -2.82. The minimum absolute atomic E-state index is 0.0878. The molecule has 0 unspecified atom stereocenters. The van der Waals surface area contributed by atoms with Crippen molar-refractivity contribution >= 4 is 17.6 Å². The third-order valence-electron chi connectivity index (χ3n) is 2.59. The van der Waals surface area contributed by atoms with Gasteiger partial charge in [-0.2, -0.15) is 0 Å². The van der Waals surface area contributed by atoms with Gasteiger partial charge in [0.2, 0.25) is 5.91 Å². The average molecular weight is 346 g/mol. The van der Waals surface area contributed by atoms with E-state index in [1.165, 1.54) is 7.11 Å². The quantitative estimate of drug-likeness (QED) is 0.463. The van der Waals surface area contributed by atoms with E-state index in [-0.39, 0.29) is 24.7 Å². The maximum Gasteiger partial charge on any atom is 0.306 e. The molecule has 5 heteroatoms. The molecule has 0 saturated carbocycles. The molecule has 0 radical (unpaired) electrons. The second kappa shape index (κ2) is 17.5. The van der Waals surface area contributed by atoms with Crippen LogP contribution >= 0.6 is 0 Å². The average Bonchev–Trinajstić information content (AvgIpc) is 2.65. The highest BCUT2D eigenvalue weighted by Crippen LogP contribution is 1.97. The van der Waals surface area contributed by atoms with Gasteiger partial charge in [-0.1, -0.05) is 56.9 Å². The van der Waals surface area contributed by atoms with E-state index in [0.717, 1.165) is 5.69 Å². The van der Waals surface area contributed by atoms with Crippen LogP contribution in [-0.2, 0) is 14.3 Å². The molecular weight excluding hydrogens is 316 g/mol. The van der Waals surface area contributed by atoms with Crippen molar-refractivity contribution in [1.82, 2.24) is 5.32 Å². The van der Waals surface area contributed by atoms with E-state index in [0.29, 0.717) is 5.70 Å². The Morgan fingerprint density at radius 1 is 1.20 bits per heavy atom. The summed E-state index contributed by atoms with van der Waals surface area (Å²) in [7, 11) is 1.30. The minimum Gasteiger partial charge on any atom is -0.469 e. The van der Waals surface area contributed by atoms with Crippen LogP contribution in [0.4, 0.5) is 5.69 Å². The molecule has 0 heterocycles. The number of hydrogen-bond acceptors (Lipinski definition) is 4. The fourth-order valence-corrected chi connectivity index (χ4v) is 1.38. The number of benzene rings is 1. The van der Waals surface area contributed by atoms with Crippen LogP contribution in [0.2, 0.25) is 0 Å². The highest BCUT2D eigenvalue weighted by molar-refractivity contribution is 5.82. The number of carbonyl (C=O) groups is 2. The molecule has 0 aliphatic heterocycles. The molecule has 5 nitrogen and oxygen atoms in total. The first-order valence-electron chi connectivity index (χ1n) is 8.16. The van der Waals surface area contributed by atoms with E-state index >= 15 is 0 Å². The van der Waals surface area contributed by atoms with Gasteiger partial charge >= 0.3 is 5.97 Å². The number of allylic oxidation sites excluding steroid dienone is 4. The summed E-state index contributed by atoms with van der Waals surface area (Å²) in [5.41, 5.74) is 6.86. The molecule has 1 aromatic carbocycles. The van der Waals surface area contributed by atoms with Crippen LogP contribution < -0.4 is 11.1 Å². The number of anilines is 1. The Labute approximate surface area is 151 Å². The van der Waals surface area contributed by atoms with Gasteiger partial charge < -0.3 is 15.8 Å². The SMILES string of the molecule is C=C/C=C\C(=C/C)NC(=O)CCC(=O)OC.CC.Nc1ccccc1. The second-order valence-electron chi connectivity index (χ2n) is 4.37. The maximum absolute atomic E-state index is 11.4. The second-order valence-corrected chi connectivity index (χ2v) is 4.37. The van der Waals surface area contributed by atoms with Gasteiger partial charge in [-0.15, -0.1) is 0 Å². The molecule has 0 bridgehead atoms. The number of para-hydroxylation sites is 1. The summed E-state index contributed by atoms with van der Waals surface area (Å²) < 4.78 is 4.44. The van der Waals surface area contributed by atoms with Gasteiger partial charge in [0.15, 0.2) is 0 Å². The molecule has 3 N–H and O–H groups in total. The third kappa shape index (κ3) is 15.8. The topological polar surface area (TPSA) is 81.4 Å². The number of carbonyl (C=O) groups excluding carboxylic acids is 2. The highest BCUT2D eigenvalue weighted by Gasteiger charge is 2.06. The molecular formula is C20H30N2O3. The lowest BCUT2D eigenvalue weighted by molar-refractivity contribution is -0.142. The zero-order valence-corrected chi connectivity index (χ0v) is 15.6. The van der Waals surface area contributed by atoms with Crippen LogP contribution in [0.25, 0.3) is 0 Å². The predicted molar refractivity (Wildman–Crippen MR) is 105 cm³/mol. The van der Waals surface area contributed by atoms with Gasteiger partial charge in [0.05, 0.1) is 13.5 Å². The number of amides is 1. The van der Waals surface area contributed by atoms with Gasteiger partial charge in [-0.25, -0.2) is 0 Å². The minimum atomic E-state index is -0.390. The molecule has 0 aromatic heterocycles. The van der Waals surface area contributed by atoms with Crippen LogP contribution in [-0.4, -0.2) is 19.0 Å². The number of nitrogen functional groups attached to an aromatic ring is 1. The van der Waals surface area contributed by atoms with Crippen molar-refractivity contribution in [1.29, 1.82) is 0 Å². The summed E-state index contributed by atoms with van der Waals surface area (Å²) >= 11 is 0. The smallest absolute Gasteiger partial charge is 0.306 e. The van der Waals surface area contributed by atoms with Crippen molar-refractivity contribution in [2.45, 2.75) is 33.6 Å². The molecule has 0 fully saturated rings. The van der Waals surface area contributed by atoms with E-state index in [4.69, 9.17) is 5.73 Å². The molecule has 1 rings (SSSR count). The summed E-state index contributed by atoms with van der Waals surface area (Å²) in [6.07, 6.45) is 7.02. The zero-order chi connectivity index (χ0) is 19.5. The van der Waals surface area contributed by atoms with Crippen LogP contribution in [0.5, 0.6) is 0 Å². The van der Waals surface area contributed by atoms with Crippen molar-refractivity contribution in [2.24, 2.45) is 0 Å². The van der Waals surface area contributed by atoms with Crippen LogP contribution in [0.1, 0.15) is 33.6 Å². The zero-order valence-electron chi connectivity index (χ0n) is 15.6. The van der Waals surface area contributed by atoms with Crippen LogP contribution in [0, 0.1) is 0 Å². The van der Waals surface area contributed by atoms with E-state index in [9.17, 15) is 9.59 Å². The molecule has 0 aliphatic rings. The standard InChI is InChI=1S/C12H17NO3.C6H7N.C2H6/c1-4-6-7-10(5-2)13-11(14)8-9-12(15)16-3;7-6-4-2-1-3-5-6;1-2/h4-7H,1,8-9H2,2-3H3,(H,13,14);1-5H,7H2;1-2H3/b7-6-,10-5+;;. The van der Waals surface area contributed by atoms with Gasteiger partial charge in [-0.05, 0) is 25.1 Å². The summed E-state index contributed by atoms with van der Waals surface area (Å²) in [4.78, 5) is 22.2. The Balaban J connectivity index is 0. The lowest BCUT2D eigenvalue weighted by atomic mass is 10.2. The van der Waals surface area contributed by atoms with Crippen molar-refractivity contribution < 1.29 is 14.3 Å². The van der Waals surface area contributed by atoms with Gasteiger partial charge in [-0.3, -0.25) is 9.59 Å². The monoisotopic (exact) mass is 346 g/mol. The molecule has 0 atom stereocenters. The Morgan fingerprint density at radius 2 is 1.80 bits per heavy atom. The normalized spacial score (nSPS) is 9.84. The van der Waals surface area contributed by atoms with Crippen molar-refractivity contribution in [3.8, 4) is 0 Å². The third-order valence-corrected chi connectivity index (χ3v) is 2.59. The van der Waals surface area contributed by atoms with Crippen molar-refractivity contribution in [3.05, 3.63) is 66.9 Å². The molecule has 25 heavy (non-hydrogen) atoms. The lowest BCUT2D eigenvalue weighted by Crippen LogP contribution is -2.22. The molecule has 1 amide bonds. The summed E-state index contributed by atoms with van der Waals surface area (Å²) in [6.45, 7) is 9.34. The van der Waals surface area contributed by atoms with Crippen molar-refractivity contribution in [2.75, 3.05) is 12.8 Å². The van der Waals surface area contributed by atoms with Gasteiger partial charge in [0.1, 0.15) is 0 Å². The number of hydrogen-bond donors (Lipinski definition) is 2. The lowest BCUT2D eigenvalue weighted by Gasteiger charge is -2.04. The summed E-state index contributed by atoms with van der Waals surface area (Å²) in [6, 6.07) is 9.49. The fraction of sp³-hybridized carbons (Fsp3) is 0.300. The molecule has 0 spiro atoms. The first-order valence-corrected chi connectivity index (χ1v) is 8.16. The van der Waals surface area contributed by atoms with Crippen LogP contribution in [0.3, 0.4) is 0 Å². The number of methoxy groups -OCH3 is 1. The first-order chi connectivity index (χ1) is 12.0. The number of rotatable bonds is 6. The van der Waals surface area contributed by atoms with Crippen molar-refractivity contribution in [3.63, 3.8) is 0 Å².